The average molecular weight is 304 g/mol. The summed E-state index contributed by atoms with van der Waals surface area (Å²) in [4.78, 5) is 16.3. The van der Waals surface area contributed by atoms with E-state index < -0.39 is 0 Å². The van der Waals surface area contributed by atoms with E-state index in [9.17, 15) is 4.79 Å². The Balaban J connectivity index is 2.06. The SMILES string of the molecule is CCNc1ccnc(C(=O)NC(C)c2ccc(Cl)cc2)c1. The summed E-state index contributed by atoms with van der Waals surface area (Å²) >= 11 is 5.86. The van der Waals surface area contributed by atoms with Gasteiger partial charge in [0.1, 0.15) is 5.69 Å². The van der Waals surface area contributed by atoms with Crippen LogP contribution in [0.25, 0.3) is 0 Å². The fourth-order valence-electron chi connectivity index (χ4n) is 1.97. The highest BCUT2D eigenvalue weighted by Gasteiger charge is 2.12. The summed E-state index contributed by atoms with van der Waals surface area (Å²) in [6.07, 6.45) is 1.62. The maximum Gasteiger partial charge on any atom is 0.270 e. The first kappa shape index (κ1) is 15.3. The molecule has 1 heterocycles. The van der Waals surface area contributed by atoms with Crippen LogP contribution in [0.3, 0.4) is 0 Å². The van der Waals surface area contributed by atoms with Gasteiger partial charge in [-0.1, -0.05) is 23.7 Å². The monoisotopic (exact) mass is 303 g/mol. The van der Waals surface area contributed by atoms with Crippen LogP contribution < -0.4 is 10.6 Å². The molecule has 110 valence electrons. The van der Waals surface area contributed by atoms with Crippen molar-refractivity contribution in [2.24, 2.45) is 0 Å². The molecule has 2 rings (SSSR count). The molecular weight excluding hydrogens is 286 g/mol. The molecule has 0 bridgehead atoms. The topological polar surface area (TPSA) is 54.0 Å². The second-order valence-electron chi connectivity index (χ2n) is 4.71. The number of carbonyl (C=O) groups excluding carboxylic acids is 1. The predicted octanol–water partition coefficient (Wildman–Crippen LogP) is 3.66. The number of pyridine rings is 1. The highest BCUT2D eigenvalue weighted by molar-refractivity contribution is 6.30. The van der Waals surface area contributed by atoms with Crippen molar-refractivity contribution in [2.75, 3.05) is 11.9 Å². The molecule has 0 aliphatic rings. The smallest absolute Gasteiger partial charge is 0.270 e. The number of aromatic nitrogens is 1. The first-order valence-electron chi connectivity index (χ1n) is 6.86. The Hall–Kier alpha value is -2.07. The Morgan fingerprint density at radius 3 is 2.67 bits per heavy atom. The van der Waals surface area contributed by atoms with Crippen molar-refractivity contribution in [3.63, 3.8) is 0 Å². The molecule has 1 atom stereocenters. The van der Waals surface area contributed by atoms with E-state index in [-0.39, 0.29) is 11.9 Å². The Morgan fingerprint density at radius 1 is 1.29 bits per heavy atom. The number of benzene rings is 1. The first-order chi connectivity index (χ1) is 10.1. The van der Waals surface area contributed by atoms with Gasteiger partial charge in [0.15, 0.2) is 0 Å². The van der Waals surface area contributed by atoms with Gasteiger partial charge in [-0.2, -0.15) is 0 Å². The van der Waals surface area contributed by atoms with Crippen LogP contribution in [0.2, 0.25) is 5.02 Å². The number of nitrogens with zero attached hydrogens (tertiary/aromatic N) is 1. The van der Waals surface area contributed by atoms with E-state index in [2.05, 4.69) is 15.6 Å². The molecular formula is C16H18ClN3O. The molecule has 0 saturated heterocycles. The van der Waals surface area contributed by atoms with E-state index in [1.807, 2.05) is 44.2 Å². The van der Waals surface area contributed by atoms with Crippen LogP contribution in [0.5, 0.6) is 0 Å². The summed E-state index contributed by atoms with van der Waals surface area (Å²) in [6, 6.07) is 10.9. The Kier molecular flexibility index (Phi) is 5.17. The lowest BCUT2D eigenvalue weighted by molar-refractivity contribution is 0.0935. The number of rotatable bonds is 5. The second kappa shape index (κ2) is 7.09. The number of amides is 1. The zero-order valence-corrected chi connectivity index (χ0v) is 12.8. The van der Waals surface area contributed by atoms with E-state index in [1.54, 1.807) is 12.3 Å². The predicted molar refractivity (Wildman–Crippen MR) is 85.7 cm³/mol. The van der Waals surface area contributed by atoms with Gasteiger partial charge in [0.2, 0.25) is 0 Å². The summed E-state index contributed by atoms with van der Waals surface area (Å²) < 4.78 is 0. The third kappa shape index (κ3) is 4.20. The van der Waals surface area contributed by atoms with Gasteiger partial charge in [-0.25, -0.2) is 0 Å². The molecule has 1 unspecified atom stereocenters. The lowest BCUT2D eigenvalue weighted by atomic mass is 10.1. The van der Waals surface area contributed by atoms with Crippen molar-refractivity contribution in [1.29, 1.82) is 0 Å². The number of nitrogens with one attached hydrogen (secondary N) is 2. The minimum atomic E-state index is -0.197. The van der Waals surface area contributed by atoms with E-state index in [1.165, 1.54) is 0 Å². The Bertz CT molecular complexity index is 613. The van der Waals surface area contributed by atoms with Crippen LogP contribution in [0, 0.1) is 0 Å². The molecule has 2 aromatic rings. The number of hydrogen-bond donors (Lipinski definition) is 2. The van der Waals surface area contributed by atoms with Crippen molar-refractivity contribution < 1.29 is 4.79 Å². The summed E-state index contributed by atoms with van der Waals surface area (Å²) in [5, 5.41) is 6.77. The fraction of sp³-hybridized carbons (Fsp3) is 0.250. The third-order valence-corrected chi connectivity index (χ3v) is 3.34. The largest absolute Gasteiger partial charge is 0.385 e. The zero-order chi connectivity index (χ0) is 15.2. The normalized spacial score (nSPS) is 11.8. The quantitative estimate of drug-likeness (QED) is 0.886. The van der Waals surface area contributed by atoms with Crippen molar-refractivity contribution in [2.45, 2.75) is 19.9 Å². The molecule has 4 nitrogen and oxygen atoms in total. The number of hydrogen-bond acceptors (Lipinski definition) is 3. The van der Waals surface area contributed by atoms with E-state index >= 15 is 0 Å². The van der Waals surface area contributed by atoms with Crippen LogP contribution in [0.15, 0.2) is 42.6 Å². The summed E-state index contributed by atoms with van der Waals surface area (Å²) in [5.41, 5.74) is 2.28. The van der Waals surface area contributed by atoms with Crippen LogP contribution in [-0.2, 0) is 0 Å². The van der Waals surface area contributed by atoms with E-state index in [0.29, 0.717) is 10.7 Å². The van der Waals surface area contributed by atoms with Crippen LogP contribution in [0.4, 0.5) is 5.69 Å². The lowest BCUT2D eigenvalue weighted by Gasteiger charge is -2.14. The molecule has 1 aromatic heterocycles. The Labute approximate surface area is 129 Å². The number of carbonyl (C=O) groups is 1. The van der Waals surface area contributed by atoms with Gasteiger partial charge >= 0.3 is 0 Å². The van der Waals surface area contributed by atoms with Crippen molar-refractivity contribution in [1.82, 2.24) is 10.3 Å². The first-order valence-corrected chi connectivity index (χ1v) is 7.24. The van der Waals surface area contributed by atoms with Crippen LogP contribution in [-0.4, -0.2) is 17.4 Å². The van der Waals surface area contributed by atoms with Crippen molar-refractivity contribution in [3.05, 3.63) is 58.9 Å². The van der Waals surface area contributed by atoms with Crippen LogP contribution >= 0.6 is 11.6 Å². The minimum Gasteiger partial charge on any atom is -0.385 e. The molecule has 1 amide bonds. The second-order valence-corrected chi connectivity index (χ2v) is 5.14. The molecule has 0 radical (unpaired) electrons. The number of anilines is 1. The summed E-state index contributed by atoms with van der Waals surface area (Å²) in [6.45, 7) is 4.73. The molecule has 0 fully saturated rings. The summed E-state index contributed by atoms with van der Waals surface area (Å²) in [7, 11) is 0. The van der Waals surface area contributed by atoms with Gasteiger partial charge in [-0.05, 0) is 43.7 Å². The Morgan fingerprint density at radius 2 is 2.00 bits per heavy atom. The molecule has 21 heavy (non-hydrogen) atoms. The van der Waals surface area contributed by atoms with Crippen molar-refractivity contribution >= 4 is 23.2 Å². The van der Waals surface area contributed by atoms with E-state index in [4.69, 9.17) is 11.6 Å². The molecule has 0 aliphatic carbocycles. The van der Waals surface area contributed by atoms with Gasteiger partial charge < -0.3 is 10.6 Å². The molecule has 0 saturated carbocycles. The molecule has 0 aliphatic heterocycles. The highest BCUT2D eigenvalue weighted by atomic mass is 35.5. The van der Waals surface area contributed by atoms with Gasteiger partial charge in [-0.15, -0.1) is 0 Å². The molecule has 1 aromatic carbocycles. The maximum absolute atomic E-state index is 12.2. The highest BCUT2D eigenvalue weighted by Crippen LogP contribution is 2.16. The molecule has 2 N–H and O–H groups in total. The third-order valence-electron chi connectivity index (χ3n) is 3.09. The number of halogens is 1. The van der Waals surface area contributed by atoms with E-state index in [0.717, 1.165) is 17.8 Å². The molecule has 0 spiro atoms. The fourth-order valence-corrected chi connectivity index (χ4v) is 2.10. The maximum atomic E-state index is 12.2. The lowest BCUT2D eigenvalue weighted by Crippen LogP contribution is -2.27. The van der Waals surface area contributed by atoms with Gasteiger partial charge in [-0.3, -0.25) is 9.78 Å². The van der Waals surface area contributed by atoms with Gasteiger partial charge in [0, 0.05) is 23.5 Å². The summed E-state index contributed by atoms with van der Waals surface area (Å²) in [5.74, 6) is -0.197. The minimum absolute atomic E-state index is 0.112. The molecule has 5 heteroatoms. The van der Waals surface area contributed by atoms with Gasteiger partial charge in [0.25, 0.3) is 5.91 Å². The van der Waals surface area contributed by atoms with Crippen LogP contribution in [0.1, 0.15) is 35.9 Å². The standard InChI is InChI=1S/C16H18ClN3O/c1-3-18-14-8-9-19-15(10-14)16(21)20-11(2)12-4-6-13(17)7-5-12/h4-11H,3H2,1-2H3,(H,18,19)(H,20,21). The average Bonchev–Trinajstić information content (AvgIpc) is 2.48. The van der Waals surface area contributed by atoms with Gasteiger partial charge in [0.05, 0.1) is 6.04 Å². The van der Waals surface area contributed by atoms with Crippen molar-refractivity contribution in [3.8, 4) is 0 Å². The zero-order valence-electron chi connectivity index (χ0n) is 12.1.